The average molecular weight is 549 g/mol. The van der Waals surface area contributed by atoms with E-state index in [1.807, 2.05) is 51.1 Å². The molecule has 0 radical (unpaired) electrons. The quantitative estimate of drug-likeness (QED) is 0.505. The summed E-state index contributed by atoms with van der Waals surface area (Å²) in [5, 5.41) is 14.6. The Kier molecular flexibility index (Phi) is 9.08. The topological polar surface area (TPSA) is 112 Å². The minimum Gasteiger partial charge on any atom is -0.444 e. The van der Waals surface area contributed by atoms with Crippen molar-refractivity contribution in [3.63, 3.8) is 0 Å². The van der Waals surface area contributed by atoms with Crippen molar-refractivity contribution in [3.05, 3.63) is 65.5 Å². The molecule has 1 saturated heterocycles. The van der Waals surface area contributed by atoms with Crippen LogP contribution in [0, 0.1) is 29.0 Å². The molecular weight excluding hydrogens is 511 g/mol. The number of benzene rings is 2. The Morgan fingerprint density at radius 1 is 1.05 bits per heavy atom. The van der Waals surface area contributed by atoms with Gasteiger partial charge in [0.1, 0.15) is 23.5 Å². The standard InChI is InChI=1S/C31H37FN4O4/c1-31(2,3)40-30(39)34-19-20-9-11-22(12-10-20)29(38)36-16-15-25(21-7-5-4-6-8-21)27(36)28(37)35-24-14-13-23(18-33)26(32)17-24/h4-8,13-14,17,20,22,25,27H,9-12,15-16,19H2,1-3H3,(H,34,39)(H,35,37). The fourth-order valence-corrected chi connectivity index (χ4v) is 5.70. The number of halogens is 1. The van der Waals surface area contributed by atoms with Gasteiger partial charge in [-0.05, 0) is 82.6 Å². The van der Waals surface area contributed by atoms with Crippen LogP contribution in [-0.4, -0.2) is 47.5 Å². The lowest BCUT2D eigenvalue weighted by atomic mass is 9.81. The van der Waals surface area contributed by atoms with Gasteiger partial charge in [-0.3, -0.25) is 9.59 Å². The van der Waals surface area contributed by atoms with Crippen LogP contribution in [0.15, 0.2) is 48.5 Å². The molecule has 2 atom stereocenters. The summed E-state index contributed by atoms with van der Waals surface area (Å²) in [6.07, 6.45) is 3.16. The summed E-state index contributed by atoms with van der Waals surface area (Å²) < 4.78 is 19.5. The van der Waals surface area contributed by atoms with Crippen LogP contribution < -0.4 is 10.6 Å². The molecule has 0 spiro atoms. The second-order valence-electron chi connectivity index (χ2n) is 11.7. The Hall–Kier alpha value is -3.93. The average Bonchev–Trinajstić information content (AvgIpc) is 3.37. The number of alkyl carbamates (subject to hydrolysis) is 1. The van der Waals surface area contributed by atoms with E-state index in [4.69, 9.17) is 10.00 Å². The maximum atomic E-state index is 14.2. The molecule has 0 aromatic heterocycles. The first kappa shape index (κ1) is 29.1. The molecule has 1 aliphatic heterocycles. The van der Waals surface area contributed by atoms with E-state index in [2.05, 4.69) is 10.6 Å². The molecule has 2 N–H and O–H groups in total. The van der Waals surface area contributed by atoms with Gasteiger partial charge in [0.2, 0.25) is 11.8 Å². The number of carbonyl (C=O) groups excluding carboxylic acids is 3. The van der Waals surface area contributed by atoms with Gasteiger partial charge in [0, 0.05) is 30.6 Å². The first-order valence-electron chi connectivity index (χ1n) is 13.9. The van der Waals surface area contributed by atoms with E-state index in [0.717, 1.165) is 24.5 Å². The number of nitriles is 1. The zero-order chi connectivity index (χ0) is 28.9. The number of nitrogens with one attached hydrogen (secondary N) is 2. The molecule has 1 aliphatic carbocycles. The van der Waals surface area contributed by atoms with Crippen LogP contribution in [0.3, 0.4) is 0 Å². The molecule has 3 amide bonds. The number of ether oxygens (including phenoxy) is 1. The monoisotopic (exact) mass is 548 g/mol. The number of rotatable bonds is 6. The summed E-state index contributed by atoms with van der Waals surface area (Å²) in [4.78, 5) is 41.1. The normalized spacial score (nSPS) is 22.7. The summed E-state index contributed by atoms with van der Waals surface area (Å²) in [6.45, 7) is 6.42. The Balaban J connectivity index is 1.43. The lowest BCUT2D eigenvalue weighted by Crippen LogP contribution is -2.48. The molecule has 0 bridgehead atoms. The number of anilines is 1. The molecule has 2 aliphatic rings. The lowest BCUT2D eigenvalue weighted by Gasteiger charge is -2.34. The fraction of sp³-hybridized carbons (Fsp3) is 0.484. The molecule has 40 heavy (non-hydrogen) atoms. The Labute approximate surface area is 234 Å². The van der Waals surface area contributed by atoms with Crippen molar-refractivity contribution in [2.45, 2.75) is 70.4 Å². The molecule has 2 fully saturated rings. The molecule has 2 aromatic rings. The van der Waals surface area contributed by atoms with Crippen LogP contribution in [0.4, 0.5) is 14.9 Å². The van der Waals surface area contributed by atoms with Gasteiger partial charge in [-0.1, -0.05) is 30.3 Å². The Morgan fingerprint density at radius 2 is 1.75 bits per heavy atom. The summed E-state index contributed by atoms with van der Waals surface area (Å²) in [5.41, 5.74) is 0.555. The first-order valence-corrected chi connectivity index (χ1v) is 13.9. The number of hydrogen-bond donors (Lipinski definition) is 2. The van der Waals surface area contributed by atoms with Gasteiger partial charge in [0.25, 0.3) is 0 Å². The molecule has 9 heteroatoms. The van der Waals surface area contributed by atoms with Crippen molar-refractivity contribution >= 4 is 23.6 Å². The van der Waals surface area contributed by atoms with Crippen molar-refractivity contribution in [1.82, 2.24) is 10.2 Å². The molecule has 1 saturated carbocycles. The number of hydrogen-bond acceptors (Lipinski definition) is 5. The van der Waals surface area contributed by atoms with E-state index in [-0.39, 0.29) is 40.8 Å². The third-order valence-electron chi connectivity index (χ3n) is 7.66. The molecule has 4 rings (SSSR count). The van der Waals surface area contributed by atoms with Gasteiger partial charge in [0.15, 0.2) is 0 Å². The van der Waals surface area contributed by atoms with E-state index < -0.39 is 23.6 Å². The third kappa shape index (κ3) is 7.17. The highest BCUT2D eigenvalue weighted by Gasteiger charge is 2.44. The minimum absolute atomic E-state index is 0.0388. The van der Waals surface area contributed by atoms with Gasteiger partial charge in [-0.15, -0.1) is 0 Å². The van der Waals surface area contributed by atoms with Crippen LogP contribution in [-0.2, 0) is 14.3 Å². The van der Waals surface area contributed by atoms with Crippen LogP contribution in [0.1, 0.15) is 69.9 Å². The van der Waals surface area contributed by atoms with E-state index in [1.165, 1.54) is 12.1 Å². The lowest BCUT2D eigenvalue weighted by molar-refractivity contribution is -0.141. The van der Waals surface area contributed by atoms with Crippen LogP contribution in [0.25, 0.3) is 0 Å². The largest absolute Gasteiger partial charge is 0.444 e. The number of likely N-dealkylation sites (tertiary alicyclic amines) is 1. The predicted molar refractivity (Wildman–Crippen MR) is 149 cm³/mol. The van der Waals surface area contributed by atoms with Crippen molar-refractivity contribution in [2.75, 3.05) is 18.4 Å². The highest BCUT2D eigenvalue weighted by Crippen LogP contribution is 2.38. The van der Waals surface area contributed by atoms with Gasteiger partial charge < -0.3 is 20.3 Å². The Bertz CT molecular complexity index is 1260. The van der Waals surface area contributed by atoms with Crippen LogP contribution in [0.2, 0.25) is 0 Å². The SMILES string of the molecule is CC(C)(C)OC(=O)NCC1CCC(C(=O)N2CCC(c3ccccc3)C2C(=O)Nc2ccc(C#N)c(F)c2)CC1. The van der Waals surface area contributed by atoms with Crippen LogP contribution >= 0.6 is 0 Å². The van der Waals surface area contributed by atoms with Gasteiger partial charge in [-0.2, -0.15) is 5.26 Å². The molecule has 2 aromatic carbocycles. The van der Waals surface area contributed by atoms with E-state index in [0.29, 0.717) is 32.4 Å². The molecule has 212 valence electrons. The number of nitrogens with zero attached hydrogens (tertiary/aromatic N) is 2. The van der Waals surface area contributed by atoms with Crippen molar-refractivity contribution in [2.24, 2.45) is 11.8 Å². The summed E-state index contributed by atoms with van der Waals surface area (Å²) in [6, 6.07) is 14.6. The highest BCUT2D eigenvalue weighted by atomic mass is 19.1. The molecule has 1 heterocycles. The van der Waals surface area contributed by atoms with Gasteiger partial charge in [0.05, 0.1) is 5.56 Å². The zero-order valence-electron chi connectivity index (χ0n) is 23.3. The van der Waals surface area contributed by atoms with Gasteiger partial charge in [-0.25, -0.2) is 9.18 Å². The maximum absolute atomic E-state index is 14.2. The minimum atomic E-state index is -0.736. The van der Waals surface area contributed by atoms with E-state index in [1.54, 1.807) is 11.0 Å². The molecular formula is C31H37FN4O4. The maximum Gasteiger partial charge on any atom is 0.407 e. The van der Waals surface area contributed by atoms with Crippen LogP contribution in [0.5, 0.6) is 0 Å². The molecule has 2 unspecified atom stereocenters. The Morgan fingerprint density at radius 3 is 2.38 bits per heavy atom. The van der Waals surface area contributed by atoms with E-state index in [9.17, 15) is 18.8 Å². The first-order chi connectivity index (χ1) is 19.1. The summed E-state index contributed by atoms with van der Waals surface area (Å²) >= 11 is 0. The highest BCUT2D eigenvalue weighted by molar-refractivity contribution is 5.98. The van der Waals surface area contributed by atoms with Gasteiger partial charge >= 0.3 is 6.09 Å². The fourth-order valence-electron chi connectivity index (χ4n) is 5.70. The summed E-state index contributed by atoms with van der Waals surface area (Å²) in [5.74, 6) is -1.25. The van der Waals surface area contributed by atoms with Crippen molar-refractivity contribution in [3.8, 4) is 6.07 Å². The number of amides is 3. The molecule has 8 nitrogen and oxygen atoms in total. The van der Waals surface area contributed by atoms with Crippen molar-refractivity contribution < 1.29 is 23.5 Å². The smallest absolute Gasteiger partial charge is 0.407 e. The second-order valence-corrected chi connectivity index (χ2v) is 11.7. The summed E-state index contributed by atoms with van der Waals surface area (Å²) in [7, 11) is 0. The van der Waals surface area contributed by atoms with E-state index >= 15 is 0 Å². The third-order valence-corrected chi connectivity index (χ3v) is 7.66. The van der Waals surface area contributed by atoms with Crippen molar-refractivity contribution in [1.29, 1.82) is 5.26 Å². The number of carbonyl (C=O) groups is 3. The predicted octanol–water partition coefficient (Wildman–Crippen LogP) is 5.35. The second kappa shape index (κ2) is 12.5. The zero-order valence-corrected chi connectivity index (χ0v) is 23.3.